The second kappa shape index (κ2) is 6.43. The van der Waals surface area contributed by atoms with Crippen molar-refractivity contribution in [2.24, 2.45) is 5.41 Å². The van der Waals surface area contributed by atoms with E-state index in [0.29, 0.717) is 5.41 Å². The molecule has 126 valence electrons. The second-order valence-corrected chi connectivity index (χ2v) is 10.3. The maximum atomic E-state index is 2.40. The highest BCUT2D eigenvalue weighted by molar-refractivity contribution is 7.09. The van der Waals surface area contributed by atoms with Gasteiger partial charge in [0.25, 0.3) is 0 Å². The summed E-state index contributed by atoms with van der Waals surface area (Å²) >= 11 is 1.87. The van der Waals surface area contributed by atoms with E-state index in [2.05, 4.69) is 90.2 Å². The lowest BCUT2D eigenvalue weighted by Crippen LogP contribution is -2.30. The molecule has 0 bridgehead atoms. The van der Waals surface area contributed by atoms with Gasteiger partial charge < -0.3 is 0 Å². The first-order valence-electron chi connectivity index (χ1n) is 8.64. The quantitative estimate of drug-likeness (QED) is 0.555. The van der Waals surface area contributed by atoms with Crippen LogP contribution in [0.3, 0.4) is 0 Å². The Kier molecular flexibility index (Phi) is 5.11. The number of hydrogen-bond acceptors (Lipinski definition) is 1. The summed E-state index contributed by atoms with van der Waals surface area (Å²) < 4.78 is 0. The van der Waals surface area contributed by atoms with Crippen LogP contribution in [0.25, 0.3) is 0 Å². The number of rotatable bonds is 5. The minimum atomic E-state index is 0.149. The van der Waals surface area contributed by atoms with Gasteiger partial charge in [-0.15, -0.1) is 11.3 Å². The van der Waals surface area contributed by atoms with Crippen LogP contribution in [0.2, 0.25) is 0 Å². The molecule has 0 atom stereocenters. The van der Waals surface area contributed by atoms with Crippen LogP contribution in [0, 0.1) is 5.41 Å². The van der Waals surface area contributed by atoms with Crippen molar-refractivity contribution < 1.29 is 0 Å². The van der Waals surface area contributed by atoms with Crippen molar-refractivity contribution in [3.8, 4) is 0 Å². The van der Waals surface area contributed by atoms with Crippen molar-refractivity contribution in [3.05, 3.63) is 57.8 Å². The standard InChI is InChI=1S/C22H32S/c1-20(2,3)16-22(6,7)19-13-9-8-12-18(19)21(4,5)15-17-11-10-14-23-17/h8-14H,15-16H2,1-7H3. The molecule has 2 rings (SSSR count). The van der Waals surface area contributed by atoms with Gasteiger partial charge in [-0.1, -0.05) is 78.8 Å². The lowest BCUT2D eigenvalue weighted by atomic mass is 9.67. The Morgan fingerprint density at radius 1 is 0.739 bits per heavy atom. The van der Waals surface area contributed by atoms with Crippen LogP contribution in [0.15, 0.2) is 41.8 Å². The summed E-state index contributed by atoms with van der Waals surface area (Å²) in [4.78, 5) is 1.47. The highest BCUT2D eigenvalue weighted by atomic mass is 32.1. The fourth-order valence-electron chi connectivity index (χ4n) is 4.03. The SMILES string of the molecule is CC(C)(C)CC(C)(C)c1ccccc1C(C)(C)Cc1cccs1. The molecule has 0 unspecified atom stereocenters. The van der Waals surface area contributed by atoms with Crippen molar-refractivity contribution in [2.75, 3.05) is 0 Å². The van der Waals surface area contributed by atoms with Crippen molar-refractivity contribution in [1.29, 1.82) is 0 Å². The van der Waals surface area contributed by atoms with E-state index in [1.165, 1.54) is 22.4 Å². The van der Waals surface area contributed by atoms with Crippen molar-refractivity contribution in [1.82, 2.24) is 0 Å². The smallest absolute Gasteiger partial charge is 0.00538 e. The molecule has 0 fully saturated rings. The average Bonchev–Trinajstić information content (AvgIpc) is 2.88. The van der Waals surface area contributed by atoms with E-state index in [0.717, 1.165) is 6.42 Å². The van der Waals surface area contributed by atoms with Crippen LogP contribution in [-0.4, -0.2) is 0 Å². The first-order valence-corrected chi connectivity index (χ1v) is 9.52. The number of hydrogen-bond donors (Lipinski definition) is 0. The maximum Gasteiger partial charge on any atom is 0.00538 e. The molecule has 0 saturated carbocycles. The van der Waals surface area contributed by atoms with E-state index < -0.39 is 0 Å². The molecule has 1 aromatic heterocycles. The van der Waals surface area contributed by atoms with E-state index >= 15 is 0 Å². The fraction of sp³-hybridized carbons (Fsp3) is 0.545. The van der Waals surface area contributed by atoms with Crippen LogP contribution in [0.4, 0.5) is 0 Å². The third kappa shape index (κ3) is 4.70. The minimum absolute atomic E-state index is 0.149. The Morgan fingerprint density at radius 3 is 1.78 bits per heavy atom. The summed E-state index contributed by atoms with van der Waals surface area (Å²) in [7, 11) is 0. The predicted octanol–water partition coefficient (Wildman–Crippen LogP) is 6.98. The van der Waals surface area contributed by atoms with Gasteiger partial charge in [-0.05, 0) is 51.7 Å². The van der Waals surface area contributed by atoms with Gasteiger partial charge in [-0.25, -0.2) is 0 Å². The first-order chi connectivity index (χ1) is 10.5. The van der Waals surface area contributed by atoms with Gasteiger partial charge in [0.15, 0.2) is 0 Å². The van der Waals surface area contributed by atoms with Crippen LogP contribution >= 0.6 is 11.3 Å². The van der Waals surface area contributed by atoms with E-state index in [1.54, 1.807) is 0 Å². The van der Waals surface area contributed by atoms with Gasteiger partial charge in [0.05, 0.1) is 0 Å². The zero-order valence-electron chi connectivity index (χ0n) is 15.9. The Bertz CT molecular complexity index is 624. The Hall–Kier alpha value is -1.08. The molecule has 1 heteroatoms. The van der Waals surface area contributed by atoms with Crippen molar-refractivity contribution >= 4 is 11.3 Å². The molecule has 0 amide bonds. The lowest BCUT2D eigenvalue weighted by Gasteiger charge is -2.38. The summed E-state index contributed by atoms with van der Waals surface area (Å²) in [6, 6.07) is 13.5. The van der Waals surface area contributed by atoms with Crippen molar-refractivity contribution in [3.63, 3.8) is 0 Å². The van der Waals surface area contributed by atoms with Gasteiger partial charge in [0, 0.05) is 4.88 Å². The molecular weight excluding hydrogens is 296 g/mol. The van der Waals surface area contributed by atoms with E-state index in [1.807, 2.05) is 11.3 Å². The molecule has 0 nitrogen and oxygen atoms in total. The highest BCUT2D eigenvalue weighted by Gasteiger charge is 2.33. The van der Waals surface area contributed by atoms with Crippen molar-refractivity contribution in [2.45, 2.75) is 72.1 Å². The summed E-state index contributed by atoms with van der Waals surface area (Å²) in [5.74, 6) is 0. The van der Waals surface area contributed by atoms with E-state index in [-0.39, 0.29) is 10.8 Å². The summed E-state index contributed by atoms with van der Waals surface area (Å²) in [5.41, 5.74) is 3.67. The normalized spacial score (nSPS) is 13.3. The monoisotopic (exact) mass is 328 g/mol. The van der Waals surface area contributed by atoms with Crippen LogP contribution < -0.4 is 0 Å². The van der Waals surface area contributed by atoms with E-state index in [9.17, 15) is 0 Å². The maximum absolute atomic E-state index is 2.40. The average molecular weight is 329 g/mol. The summed E-state index contributed by atoms with van der Waals surface area (Å²) in [5, 5.41) is 2.18. The van der Waals surface area contributed by atoms with Gasteiger partial charge in [0.2, 0.25) is 0 Å². The van der Waals surface area contributed by atoms with Crippen LogP contribution in [0.5, 0.6) is 0 Å². The Balaban J connectivity index is 2.40. The molecule has 0 aliphatic carbocycles. The lowest BCUT2D eigenvalue weighted by molar-refractivity contribution is 0.280. The Morgan fingerprint density at radius 2 is 1.30 bits per heavy atom. The molecule has 23 heavy (non-hydrogen) atoms. The largest absolute Gasteiger partial charge is 0.149 e. The molecular formula is C22H32S. The molecule has 1 aromatic carbocycles. The molecule has 2 aromatic rings. The zero-order valence-corrected chi connectivity index (χ0v) is 16.7. The van der Waals surface area contributed by atoms with Crippen LogP contribution in [0.1, 0.15) is 70.9 Å². The number of benzene rings is 1. The second-order valence-electron chi connectivity index (χ2n) is 9.31. The molecule has 0 saturated heterocycles. The topological polar surface area (TPSA) is 0 Å². The third-order valence-electron chi connectivity index (χ3n) is 4.55. The molecule has 1 heterocycles. The van der Waals surface area contributed by atoms with Gasteiger partial charge in [0.1, 0.15) is 0 Å². The van der Waals surface area contributed by atoms with Gasteiger partial charge >= 0.3 is 0 Å². The molecule has 0 spiro atoms. The summed E-state index contributed by atoms with van der Waals surface area (Å²) in [6.45, 7) is 16.6. The first kappa shape index (κ1) is 18.3. The molecule has 0 aliphatic heterocycles. The highest BCUT2D eigenvalue weighted by Crippen LogP contribution is 2.41. The molecule has 0 radical (unpaired) electrons. The number of thiophene rings is 1. The minimum Gasteiger partial charge on any atom is -0.149 e. The fourth-order valence-corrected chi connectivity index (χ4v) is 4.96. The molecule has 0 aliphatic rings. The molecule has 0 N–H and O–H groups in total. The summed E-state index contributed by atoms with van der Waals surface area (Å²) in [6.07, 6.45) is 2.29. The van der Waals surface area contributed by atoms with Gasteiger partial charge in [-0.2, -0.15) is 0 Å². The van der Waals surface area contributed by atoms with E-state index in [4.69, 9.17) is 0 Å². The Labute approximate surface area is 147 Å². The van der Waals surface area contributed by atoms with Crippen LogP contribution in [-0.2, 0) is 17.3 Å². The predicted molar refractivity (Wildman–Crippen MR) is 105 cm³/mol. The third-order valence-corrected chi connectivity index (χ3v) is 5.43. The zero-order chi connectivity index (χ0) is 17.3. The van der Waals surface area contributed by atoms with Gasteiger partial charge in [-0.3, -0.25) is 0 Å².